The van der Waals surface area contributed by atoms with Gasteiger partial charge in [0, 0.05) is 37.5 Å². The van der Waals surface area contributed by atoms with Crippen LogP contribution < -0.4 is 10.0 Å². The van der Waals surface area contributed by atoms with Gasteiger partial charge in [0.1, 0.15) is 0 Å². The van der Waals surface area contributed by atoms with Crippen LogP contribution in [0.5, 0.6) is 0 Å². The highest BCUT2D eigenvalue weighted by Gasteiger charge is 2.14. The van der Waals surface area contributed by atoms with E-state index >= 15 is 0 Å². The number of carbonyl (C=O) groups is 1. The number of amides is 1. The molecule has 2 rings (SSSR count). The van der Waals surface area contributed by atoms with Crippen molar-refractivity contribution in [2.45, 2.75) is 31.8 Å². The lowest BCUT2D eigenvalue weighted by molar-refractivity contribution is -0.114. The minimum atomic E-state index is -3.60. The van der Waals surface area contributed by atoms with E-state index < -0.39 is 10.0 Å². The van der Waals surface area contributed by atoms with Crippen molar-refractivity contribution in [1.29, 1.82) is 0 Å². The summed E-state index contributed by atoms with van der Waals surface area (Å²) in [6, 6.07) is 5.99. The molecule has 0 fully saturated rings. The van der Waals surface area contributed by atoms with Crippen molar-refractivity contribution >= 4 is 21.6 Å². The molecule has 0 radical (unpaired) electrons. The molecule has 22 heavy (non-hydrogen) atoms. The molecular formula is C14H18N4O3S. The van der Waals surface area contributed by atoms with Crippen molar-refractivity contribution in [3.63, 3.8) is 0 Å². The van der Waals surface area contributed by atoms with Crippen LogP contribution >= 0.6 is 0 Å². The van der Waals surface area contributed by atoms with Crippen molar-refractivity contribution < 1.29 is 13.2 Å². The highest BCUT2D eigenvalue weighted by Crippen LogP contribution is 2.14. The Morgan fingerprint density at radius 2 is 1.95 bits per heavy atom. The number of carbonyl (C=O) groups excluding carboxylic acids is 1. The van der Waals surface area contributed by atoms with Gasteiger partial charge in [0.05, 0.1) is 11.1 Å². The maximum atomic E-state index is 12.2. The molecular weight excluding hydrogens is 304 g/mol. The first-order valence-electron chi connectivity index (χ1n) is 6.79. The van der Waals surface area contributed by atoms with Crippen molar-refractivity contribution in [3.05, 3.63) is 42.2 Å². The van der Waals surface area contributed by atoms with Gasteiger partial charge in [-0.25, -0.2) is 13.1 Å². The molecule has 0 spiro atoms. The van der Waals surface area contributed by atoms with Gasteiger partial charge in [-0.3, -0.25) is 9.48 Å². The molecule has 1 amide bonds. The quantitative estimate of drug-likeness (QED) is 0.839. The Morgan fingerprint density at radius 1 is 1.27 bits per heavy atom. The molecule has 0 unspecified atom stereocenters. The Balaban J connectivity index is 2.04. The van der Waals surface area contributed by atoms with Gasteiger partial charge in [0.15, 0.2) is 0 Å². The molecule has 7 nitrogen and oxygen atoms in total. The highest BCUT2D eigenvalue weighted by atomic mass is 32.2. The second-order valence-corrected chi connectivity index (χ2v) is 6.50. The molecule has 8 heteroatoms. The van der Waals surface area contributed by atoms with E-state index in [-0.39, 0.29) is 17.3 Å². The van der Waals surface area contributed by atoms with Crippen LogP contribution in [0.25, 0.3) is 0 Å². The summed E-state index contributed by atoms with van der Waals surface area (Å²) in [5.74, 6) is -0.207. The molecule has 2 N–H and O–H groups in total. The molecule has 1 heterocycles. The van der Waals surface area contributed by atoms with E-state index in [1.54, 1.807) is 29.2 Å². The molecule has 0 aliphatic heterocycles. The average molecular weight is 322 g/mol. The monoisotopic (exact) mass is 322 g/mol. The summed E-state index contributed by atoms with van der Waals surface area (Å²) in [5, 5.41) is 6.67. The third kappa shape index (κ3) is 4.15. The smallest absolute Gasteiger partial charge is 0.240 e. The second kappa shape index (κ2) is 6.71. The van der Waals surface area contributed by atoms with Crippen LogP contribution in [0, 0.1) is 0 Å². The Labute approximate surface area is 129 Å². The van der Waals surface area contributed by atoms with Gasteiger partial charge in [0.25, 0.3) is 0 Å². The van der Waals surface area contributed by atoms with Crippen LogP contribution in [0.4, 0.5) is 5.69 Å². The minimum absolute atomic E-state index is 0.143. The fraction of sp³-hybridized carbons (Fsp3) is 0.286. The lowest BCUT2D eigenvalue weighted by Crippen LogP contribution is -2.23. The molecule has 0 saturated heterocycles. The van der Waals surface area contributed by atoms with E-state index in [1.165, 1.54) is 19.1 Å². The molecule has 118 valence electrons. The molecule has 1 aromatic carbocycles. The van der Waals surface area contributed by atoms with Crippen molar-refractivity contribution in [2.75, 3.05) is 5.32 Å². The van der Waals surface area contributed by atoms with Crippen LogP contribution in [0.2, 0.25) is 0 Å². The Hall–Kier alpha value is -2.19. The number of sulfonamides is 1. The number of nitrogens with one attached hydrogen (secondary N) is 2. The van der Waals surface area contributed by atoms with Crippen LogP contribution in [0.1, 0.15) is 19.4 Å². The normalized spacial score (nSPS) is 11.4. The lowest BCUT2D eigenvalue weighted by atomic mass is 10.3. The minimum Gasteiger partial charge on any atom is -0.326 e. The van der Waals surface area contributed by atoms with Gasteiger partial charge in [-0.05, 0) is 31.2 Å². The first-order chi connectivity index (χ1) is 10.4. The standard InChI is InChI=1S/C14H18N4O3S/c1-3-18-10-12(8-15-18)9-16-22(20,21)14-6-4-13(5-7-14)17-11(2)19/h4-8,10,16H,3,9H2,1-2H3,(H,17,19). The number of hydrogen-bond donors (Lipinski definition) is 2. The van der Waals surface area contributed by atoms with Crippen LogP contribution in [-0.2, 0) is 27.9 Å². The number of aryl methyl sites for hydroxylation is 1. The first-order valence-corrected chi connectivity index (χ1v) is 8.27. The molecule has 0 aliphatic carbocycles. The largest absolute Gasteiger partial charge is 0.326 e. The maximum absolute atomic E-state index is 12.2. The summed E-state index contributed by atoms with van der Waals surface area (Å²) in [6.45, 7) is 4.26. The second-order valence-electron chi connectivity index (χ2n) is 4.73. The van der Waals surface area contributed by atoms with Crippen molar-refractivity contribution in [1.82, 2.24) is 14.5 Å². The number of aromatic nitrogens is 2. The average Bonchev–Trinajstić information content (AvgIpc) is 2.93. The van der Waals surface area contributed by atoms with E-state index in [2.05, 4.69) is 15.1 Å². The number of hydrogen-bond acceptors (Lipinski definition) is 4. The van der Waals surface area contributed by atoms with E-state index in [0.29, 0.717) is 5.69 Å². The molecule has 0 bridgehead atoms. The first kappa shape index (κ1) is 16.2. The van der Waals surface area contributed by atoms with E-state index in [0.717, 1.165) is 12.1 Å². The third-order valence-electron chi connectivity index (χ3n) is 2.96. The number of rotatable bonds is 6. The third-order valence-corrected chi connectivity index (χ3v) is 4.38. The Bertz CT molecular complexity index is 751. The van der Waals surface area contributed by atoms with Crippen molar-refractivity contribution in [2.24, 2.45) is 0 Å². The van der Waals surface area contributed by atoms with Crippen LogP contribution in [0.3, 0.4) is 0 Å². The molecule has 2 aromatic rings. The fourth-order valence-corrected chi connectivity index (χ4v) is 2.87. The van der Waals surface area contributed by atoms with E-state index in [9.17, 15) is 13.2 Å². The SMILES string of the molecule is CCn1cc(CNS(=O)(=O)c2ccc(NC(C)=O)cc2)cn1. The zero-order valence-electron chi connectivity index (χ0n) is 12.4. The van der Waals surface area contributed by atoms with Gasteiger partial charge in [-0.15, -0.1) is 0 Å². The van der Waals surface area contributed by atoms with E-state index in [4.69, 9.17) is 0 Å². The number of benzene rings is 1. The van der Waals surface area contributed by atoms with E-state index in [1.807, 2.05) is 6.92 Å². The number of nitrogens with zero attached hydrogens (tertiary/aromatic N) is 2. The van der Waals surface area contributed by atoms with Gasteiger partial charge < -0.3 is 5.32 Å². The van der Waals surface area contributed by atoms with Gasteiger partial charge in [-0.1, -0.05) is 0 Å². The summed E-state index contributed by atoms with van der Waals surface area (Å²) < 4.78 is 28.6. The van der Waals surface area contributed by atoms with Crippen molar-refractivity contribution in [3.8, 4) is 0 Å². The maximum Gasteiger partial charge on any atom is 0.240 e. The summed E-state index contributed by atoms with van der Waals surface area (Å²) in [5.41, 5.74) is 1.34. The predicted molar refractivity (Wildman–Crippen MR) is 82.7 cm³/mol. The Morgan fingerprint density at radius 3 is 2.50 bits per heavy atom. The van der Waals surface area contributed by atoms with Crippen LogP contribution in [-0.4, -0.2) is 24.1 Å². The zero-order chi connectivity index (χ0) is 16.2. The fourth-order valence-electron chi connectivity index (χ4n) is 1.85. The summed E-state index contributed by atoms with van der Waals surface area (Å²) in [7, 11) is -3.60. The van der Waals surface area contributed by atoms with Gasteiger partial charge in [0.2, 0.25) is 15.9 Å². The molecule has 0 atom stereocenters. The topological polar surface area (TPSA) is 93.1 Å². The predicted octanol–water partition coefficient (Wildman–Crippen LogP) is 1.34. The Kier molecular flexibility index (Phi) is 4.94. The summed E-state index contributed by atoms with van der Waals surface area (Å²) in [4.78, 5) is 11.1. The summed E-state index contributed by atoms with van der Waals surface area (Å²) in [6.07, 6.45) is 3.42. The highest BCUT2D eigenvalue weighted by molar-refractivity contribution is 7.89. The number of anilines is 1. The zero-order valence-corrected chi connectivity index (χ0v) is 13.2. The van der Waals surface area contributed by atoms with Crippen LogP contribution in [0.15, 0.2) is 41.6 Å². The summed E-state index contributed by atoms with van der Waals surface area (Å²) >= 11 is 0. The van der Waals surface area contributed by atoms with Gasteiger partial charge in [-0.2, -0.15) is 5.10 Å². The lowest BCUT2D eigenvalue weighted by Gasteiger charge is -2.07. The molecule has 0 aliphatic rings. The molecule has 1 aromatic heterocycles. The van der Waals surface area contributed by atoms with Gasteiger partial charge >= 0.3 is 0 Å². The molecule has 0 saturated carbocycles.